The van der Waals surface area contributed by atoms with Gasteiger partial charge in [-0.15, -0.1) is 10.2 Å². The highest BCUT2D eigenvalue weighted by atomic mass is 32.2. The zero-order chi connectivity index (χ0) is 17.0. The molecule has 23 heavy (non-hydrogen) atoms. The van der Waals surface area contributed by atoms with Gasteiger partial charge >= 0.3 is 6.18 Å². The van der Waals surface area contributed by atoms with E-state index < -0.39 is 12.0 Å². The third-order valence-corrected chi connectivity index (χ3v) is 3.86. The second-order valence-electron chi connectivity index (χ2n) is 4.70. The number of carbonyl (C=O) groups is 1. The third-order valence-electron chi connectivity index (χ3n) is 2.93. The van der Waals surface area contributed by atoms with Crippen molar-refractivity contribution in [1.29, 1.82) is 0 Å². The van der Waals surface area contributed by atoms with Gasteiger partial charge in [-0.3, -0.25) is 4.79 Å². The number of nitrogens with zero attached hydrogens (tertiary/aromatic N) is 4. The summed E-state index contributed by atoms with van der Waals surface area (Å²) in [5, 5.41) is 6.18. The molecule has 0 aliphatic carbocycles. The van der Waals surface area contributed by atoms with Crippen molar-refractivity contribution in [3.63, 3.8) is 0 Å². The zero-order valence-corrected chi connectivity index (χ0v) is 12.9. The highest BCUT2D eigenvalue weighted by molar-refractivity contribution is 7.99. The van der Waals surface area contributed by atoms with Gasteiger partial charge in [-0.1, -0.05) is 42.1 Å². The minimum atomic E-state index is -4.69. The number of hydrogen-bond acceptors (Lipinski definition) is 5. The summed E-state index contributed by atoms with van der Waals surface area (Å²) in [5.74, 6) is 3.66. The van der Waals surface area contributed by atoms with E-state index in [-0.39, 0.29) is 16.8 Å². The van der Waals surface area contributed by atoms with Gasteiger partial charge < -0.3 is 10.7 Å². The van der Waals surface area contributed by atoms with Crippen molar-refractivity contribution in [3.05, 3.63) is 41.7 Å². The van der Waals surface area contributed by atoms with Crippen LogP contribution in [0, 0.1) is 0 Å². The number of nitrogens with two attached hydrogens (primary N) is 1. The first-order valence-corrected chi connectivity index (χ1v) is 7.46. The molecule has 10 heteroatoms. The fraction of sp³-hybridized carbons (Fsp3) is 0.308. The van der Waals surface area contributed by atoms with Crippen LogP contribution in [-0.4, -0.2) is 38.5 Å². The Balaban J connectivity index is 1.93. The number of halogens is 3. The number of rotatable bonds is 5. The molecule has 1 aromatic heterocycles. The predicted molar refractivity (Wildman–Crippen MR) is 78.8 cm³/mol. The van der Waals surface area contributed by atoms with Crippen LogP contribution in [0.2, 0.25) is 0 Å². The Morgan fingerprint density at radius 1 is 1.30 bits per heavy atom. The van der Waals surface area contributed by atoms with Crippen LogP contribution in [0.1, 0.15) is 11.4 Å². The molecule has 0 unspecified atom stereocenters. The van der Waals surface area contributed by atoms with Crippen molar-refractivity contribution in [3.8, 4) is 0 Å². The molecule has 2 N–H and O–H groups in total. The average Bonchev–Trinajstić information content (AvgIpc) is 2.86. The molecular weight excluding hydrogens is 331 g/mol. The van der Waals surface area contributed by atoms with Gasteiger partial charge in [0.1, 0.15) is 0 Å². The lowest BCUT2D eigenvalue weighted by Gasteiger charge is -2.16. The number of hydrogen-bond donors (Lipinski definition) is 1. The molecule has 6 nitrogen and oxygen atoms in total. The number of benzene rings is 1. The zero-order valence-electron chi connectivity index (χ0n) is 12.1. The summed E-state index contributed by atoms with van der Waals surface area (Å²) in [6, 6.07) is 9.34. The lowest BCUT2D eigenvalue weighted by atomic mass is 10.2. The fourth-order valence-corrected chi connectivity index (χ4v) is 2.55. The van der Waals surface area contributed by atoms with Crippen LogP contribution in [0.15, 0.2) is 35.5 Å². The van der Waals surface area contributed by atoms with E-state index in [0.29, 0.717) is 11.2 Å². The van der Waals surface area contributed by atoms with Gasteiger partial charge in [0.25, 0.3) is 5.82 Å². The molecule has 0 bridgehead atoms. The summed E-state index contributed by atoms with van der Waals surface area (Å²) >= 11 is 0.804. The van der Waals surface area contributed by atoms with Gasteiger partial charge in [0, 0.05) is 13.6 Å². The number of thioether (sulfide) groups is 1. The first-order valence-electron chi connectivity index (χ1n) is 6.47. The van der Waals surface area contributed by atoms with Crippen LogP contribution in [0.25, 0.3) is 0 Å². The maximum Gasteiger partial charge on any atom is 0.453 e. The van der Waals surface area contributed by atoms with Crippen molar-refractivity contribution in [2.24, 2.45) is 0 Å². The van der Waals surface area contributed by atoms with E-state index in [1.165, 1.54) is 4.90 Å². The minimum absolute atomic E-state index is 0.0868. The summed E-state index contributed by atoms with van der Waals surface area (Å²) < 4.78 is 38.0. The van der Waals surface area contributed by atoms with Crippen LogP contribution in [0.5, 0.6) is 0 Å². The lowest BCUT2D eigenvalue weighted by Crippen LogP contribution is -2.28. The van der Waals surface area contributed by atoms with Crippen molar-refractivity contribution >= 4 is 17.7 Å². The average molecular weight is 345 g/mol. The predicted octanol–water partition coefficient (Wildman–Crippen LogP) is 1.76. The van der Waals surface area contributed by atoms with Crippen LogP contribution in [0.4, 0.5) is 13.2 Å². The van der Waals surface area contributed by atoms with Crippen LogP contribution in [0.3, 0.4) is 0 Å². The van der Waals surface area contributed by atoms with Crippen LogP contribution in [-0.2, 0) is 17.5 Å². The first kappa shape index (κ1) is 17.1. The first-order chi connectivity index (χ1) is 10.8. The largest absolute Gasteiger partial charge is 0.453 e. The molecule has 0 atom stereocenters. The smallest absolute Gasteiger partial charge is 0.341 e. The topological polar surface area (TPSA) is 77.0 Å². The molecule has 0 radical (unpaired) electrons. The summed E-state index contributed by atoms with van der Waals surface area (Å²) in [7, 11) is 1.62. The Hall–Kier alpha value is -2.23. The molecule has 0 aliphatic rings. The number of amides is 1. The van der Waals surface area contributed by atoms with Gasteiger partial charge in [-0.2, -0.15) is 13.2 Å². The van der Waals surface area contributed by atoms with E-state index >= 15 is 0 Å². The van der Waals surface area contributed by atoms with Gasteiger partial charge in [0.05, 0.1) is 5.75 Å². The van der Waals surface area contributed by atoms with Gasteiger partial charge in [-0.05, 0) is 5.56 Å². The molecule has 0 aliphatic heterocycles. The Kier molecular flexibility index (Phi) is 5.14. The van der Waals surface area contributed by atoms with E-state index in [9.17, 15) is 18.0 Å². The van der Waals surface area contributed by atoms with Crippen LogP contribution >= 0.6 is 11.8 Å². The summed E-state index contributed by atoms with van der Waals surface area (Å²) in [5.41, 5.74) is 0.953. The molecule has 0 saturated heterocycles. The van der Waals surface area contributed by atoms with E-state index in [2.05, 4.69) is 10.2 Å². The van der Waals surface area contributed by atoms with Gasteiger partial charge in [-0.25, -0.2) is 4.68 Å². The Bertz CT molecular complexity index is 674. The Morgan fingerprint density at radius 2 is 1.96 bits per heavy atom. The molecule has 0 saturated carbocycles. The van der Waals surface area contributed by atoms with E-state index in [1.807, 2.05) is 30.3 Å². The molecular formula is C13H14F3N5OS. The molecule has 2 aromatic rings. The SMILES string of the molecule is CN(Cc1ccccc1)C(=O)CSc1nnc(C(F)(F)F)n1N. The quantitative estimate of drug-likeness (QED) is 0.660. The van der Waals surface area contributed by atoms with Crippen molar-refractivity contribution in [2.75, 3.05) is 18.6 Å². The monoisotopic (exact) mass is 345 g/mol. The lowest BCUT2D eigenvalue weighted by molar-refractivity contribution is -0.146. The summed E-state index contributed by atoms with van der Waals surface area (Å²) in [4.78, 5) is 13.5. The van der Waals surface area contributed by atoms with E-state index in [0.717, 1.165) is 17.3 Å². The Morgan fingerprint density at radius 3 is 2.52 bits per heavy atom. The van der Waals surface area contributed by atoms with Crippen molar-refractivity contribution in [1.82, 2.24) is 19.8 Å². The third kappa shape index (κ3) is 4.38. The van der Waals surface area contributed by atoms with E-state index in [1.54, 1.807) is 7.05 Å². The summed E-state index contributed by atoms with van der Waals surface area (Å²) in [6.45, 7) is 0.406. The number of aromatic nitrogens is 3. The number of alkyl halides is 3. The van der Waals surface area contributed by atoms with Crippen molar-refractivity contribution < 1.29 is 18.0 Å². The molecule has 1 heterocycles. The molecule has 0 spiro atoms. The van der Waals surface area contributed by atoms with E-state index in [4.69, 9.17) is 5.84 Å². The van der Waals surface area contributed by atoms with Crippen molar-refractivity contribution in [2.45, 2.75) is 17.9 Å². The van der Waals surface area contributed by atoms with Gasteiger partial charge in [0.15, 0.2) is 0 Å². The van der Waals surface area contributed by atoms with Crippen LogP contribution < -0.4 is 5.84 Å². The summed E-state index contributed by atoms with van der Waals surface area (Å²) in [6.07, 6.45) is -4.69. The normalized spacial score (nSPS) is 11.5. The standard InChI is InChI=1S/C13H14F3N5OS/c1-20(7-9-5-3-2-4-6-9)10(22)8-23-12-19-18-11(21(12)17)13(14,15)16/h2-6H,7-8,17H2,1H3. The number of carbonyl (C=O) groups excluding carboxylic acids is 1. The molecule has 124 valence electrons. The molecule has 2 rings (SSSR count). The molecule has 1 aromatic carbocycles. The second kappa shape index (κ2) is 6.90. The highest BCUT2D eigenvalue weighted by Gasteiger charge is 2.38. The highest BCUT2D eigenvalue weighted by Crippen LogP contribution is 2.28. The maximum absolute atomic E-state index is 12.5. The fourth-order valence-electron chi connectivity index (χ4n) is 1.75. The molecule has 1 amide bonds. The van der Waals surface area contributed by atoms with Gasteiger partial charge in [0.2, 0.25) is 11.1 Å². The number of nitrogen functional groups attached to an aromatic ring is 1. The molecule has 0 fully saturated rings. The Labute approximate surface area is 134 Å². The minimum Gasteiger partial charge on any atom is -0.341 e. The second-order valence-corrected chi connectivity index (χ2v) is 5.64. The maximum atomic E-state index is 12.5.